The van der Waals surface area contributed by atoms with Crippen LogP contribution in [0.2, 0.25) is 0 Å². The Hall–Kier alpha value is -0.410. The van der Waals surface area contributed by atoms with Gasteiger partial charge in [-0.15, -0.1) is 0 Å². The quantitative estimate of drug-likeness (QED) is 0.535. The van der Waals surface area contributed by atoms with E-state index in [0.717, 1.165) is 12.8 Å². The Balaban J connectivity index is 2.01. The number of ketones is 1. The number of rotatable bonds is 0. The van der Waals surface area contributed by atoms with Gasteiger partial charge in [0.1, 0.15) is 0 Å². The zero-order valence-corrected chi connectivity index (χ0v) is 7.08. The first-order valence-corrected chi connectivity index (χ1v) is 4.52. The van der Waals surface area contributed by atoms with Crippen LogP contribution in [-0.4, -0.2) is 24.8 Å². The molecule has 2 aliphatic heterocycles. The summed E-state index contributed by atoms with van der Waals surface area (Å²) in [6.45, 7) is 2.76. The van der Waals surface area contributed by atoms with Crippen molar-refractivity contribution in [3.05, 3.63) is 0 Å². The summed E-state index contributed by atoms with van der Waals surface area (Å²) < 4.78 is 10.7. The summed E-state index contributed by atoms with van der Waals surface area (Å²) >= 11 is 0. The minimum absolute atomic E-state index is 0.101. The van der Waals surface area contributed by atoms with Crippen molar-refractivity contribution in [2.75, 3.05) is 6.61 Å². The van der Waals surface area contributed by atoms with E-state index in [9.17, 15) is 4.79 Å². The second kappa shape index (κ2) is 1.91. The lowest BCUT2D eigenvalue weighted by atomic mass is 9.56. The monoisotopic (exact) mass is 168 g/mol. The van der Waals surface area contributed by atoms with E-state index in [-0.39, 0.29) is 23.2 Å². The minimum Gasteiger partial charge on any atom is -0.343 e. The Bertz CT molecular complexity index is 250. The van der Waals surface area contributed by atoms with Crippen LogP contribution in [0.25, 0.3) is 0 Å². The maximum absolute atomic E-state index is 11.6. The molecule has 3 fully saturated rings. The molecule has 3 nitrogen and oxygen atoms in total. The molecule has 2 bridgehead atoms. The molecular formula is C9H12O3. The molecule has 0 unspecified atom stereocenters. The lowest BCUT2D eigenvalue weighted by molar-refractivity contribution is -0.192. The van der Waals surface area contributed by atoms with Crippen molar-refractivity contribution < 1.29 is 14.3 Å². The standard InChI is InChI=1S/C9H12O3/c1-9-3-2-5(9)7(10)8-11-4-6(9)12-8/h5-6,8H,2-4H2,1H3/t5-,6+,8+,9-/m0/s1. The van der Waals surface area contributed by atoms with Crippen molar-refractivity contribution in [2.45, 2.75) is 32.2 Å². The molecule has 0 aromatic rings. The van der Waals surface area contributed by atoms with Crippen molar-refractivity contribution >= 4 is 5.78 Å². The molecule has 3 heteroatoms. The van der Waals surface area contributed by atoms with Crippen LogP contribution in [0.5, 0.6) is 0 Å². The summed E-state index contributed by atoms with van der Waals surface area (Å²) in [6, 6.07) is 0. The predicted molar refractivity (Wildman–Crippen MR) is 40.5 cm³/mol. The van der Waals surface area contributed by atoms with Crippen molar-refractivity contribution in [3.8, 4) is 0 Å². The summed E-state index contributed by atoms with van der Waals surface area (Å²) in [6.07, 6.45) is 1.81. The maximum atomic E-state index is 11.6. The van der Waals surface area contributed by atoms with Gasteiger partial charge in [0.15, 0.2) is 5.78 Å². The van der Waals surface area contributed by atoms with Crippen LogP contribution in [0, 0.1) is 11.3 Å². The third kappa shape index (κ3) is 0.591. The number of hydrogen-bond donors (Lipinski definition) is 0. The summed E-state index contributed by atoms with van der Waals surface area (Å²) in [7, 11) is 0. The van der Waals surface area contributed by atoms with Crippen molar-refractivity contribution in [2.24, 2.45) is 11.3 Å². The fraction of sp³-hybridized carbons (Fsp3) is 0.889. The average Bonchev–Trinajstić information content (AvgIpc) is 2.45. The lowest BCUT2D eigenvalue weighted by Crippen LogP contribution is -2.56. The zero-order chi connectivity index (χ0) is 8.34. The highest BCUT2D eigenvalue weighted by Gasteiger charge is 2.61. The molecule has 3 aliphatic rings. The van der Waals surface area contributed by atoms with Gasteiger partial charge in [-0.25, -0.2) is 0 Å². The van der Waals surface area contributed by atoms with Crippen LogP contribution in [0.15, 0.2) is 0 Å². The van der Waals surface area contributed by atoms with Gasteiger partial charge < -0.3 is 9.47 Å². The van der Waals surface area contributed by atoms with Crippen LogP contribution in [0.1, 0.15) is 19.8 Å². The van der Waals surface area contributed by atoms with E-state index in [1.165, 1.54) is 0 Å². The van der Waals surface area contributed by atoms with Gasteiger partial charge in [0.05, 0.1) is 12.7 Å². The normalized spacial score (nSPS) is 56.4. The molecule has 0 N–H and O–H groups in total. The SMILES string of the molecule is C[C@]12CC[C@H]1C(=O)[C@@H]1OC[C@H]2O1. The van der Waals surface area contributed by atoms with Crippen molar-refractivity contribution in [1.29, 1.82) is 0 Å². The predicted octanol–water partition coefficient (Wildman–Crippen LogP) is 0.727. The first kappa shape index (κ1) is 7.04. The van der Waals surface area contributed by atoms with E-state index in [1.54, 1.807) is 0 Å². The van der Waals surface area contributed by atoms with E-state index in [0.29, 0.717) is 6.61 Å². The van der Waals surface area contributed by atoms with E-state index in [2.05, 4.69) is 6.92 Å². The maximum Gasteiger partial charge on any atom is 0.218 e. The Kier molecular flexibility index (Phi) is 1.12. The summed E-state index contributed by atoms with van der Waals surface area (Å²) in [5.74, 6) is 0.404. The Labute approximate surface area is 71.0 Å². The molecule has 1 aliphatic carbocycles. The first-order chi connectivity index (χ1) is 5.72. The number of Topliss-reactive ketones (excluding diaryl/α,β-unsaturated/α-hetero) is 1. The Morgan fingerprint density at radius 1 is 1.58 bits per heavy atom. The zero-order valence-electron chi connectivity index (χ0n) is 7.08. The van der Waals surface area contributed by atoms with E-state index < -0.39 is 6.29 Å². The van der Waals surface area contributed by atoms with Crippen LogP contribution >= 0.6 is 0 Å². The molecule has 4 atom stereocenters. The number of carbonyl (C=O) groups is 1. The molecule has 0 aromatic heterocycles. The van der Waals surface area contributed by atoms with Gasteiger partial charge in [-0.3, -0.25) is 4.79 Å². The lowest BCUT2D eigenvalue weighted by Gasteiger charge is -2.51. The molecule has 2 heterocycles. The average molecular weight is 168 g/mol. The van der Waals surface area contributed by atoms with Gasteiger partial charge in [-0.2, -0.15) is 0 Å². The third-order valence-corrected chi connectivity index (χ3v) is 3.77. The second-order valence-electron chi connectivity index (χ2n) is 4.29. The van der Waals surface area contributed by atoms with Gasteiger partial charge in [-0.05, 0) is 12.8 Å². The van der Waals surface area contributed by atoms with Gasteiger partial charge in [0.2, 0.25) is 6.29 Å². The molecule has 66 valence electrons. The van der Waals surface area contributed by atoms with Crippen LogP contribution < -0.4 is 0 Å². The third-order valence-electron chi connectivity index (χ3n) is 3.77. The molecule has 0 aromatic carbocycles. The highest BCUT2D eigenvalue weighted by Crippen LogP contribution is 2.55. The number of carbonyl (C=O) groups excluding carboxylic acids is 1. The molecule has 3 rings (SSSR count). The van der Waals surface area contributed by atoms with Crippen LogP contribution in [-0.2, 0) is 14.3 Å². The molecule has 0 amide bonds. The first-order valence-electron chi connectivity index (χ1n) is 4.52. The highest BCUT2D eigenvalue weighted by atomic mass is 16.7. The molecule has 0 radical (unpaired) electrons. The molecule has 1 saturated carbocycles. The molecule has 2 saturated heterocycles. The van der Waals surface area contributed by atoms with Crippen molar-refractivity contribution in [1.82, 2.24) is 0 Å². The number of hydrogen-bond acceptors (Lipinski definition) is 3. The van der Waals surface area contributed by atoms with Gasteiger partial charge in [-0.1, -0.05) is 6.92 Å². The second-order valence-corrected chi connectivity index (χ2v) is 4.29. The topological polar surface area (TPSA) is 35.5 Å². The van der Waals surface area contributed by atoms with Gasteiger partial charge in [0.25, 0.3) is 0 Å². The van der Waals surface area contributed by atoms with Crippen LogP contribution in [0.4, 0.5) is 0 Å². The molecular weight excluding hydrogens is 156 g/mol. The summed E-state index contributed by atoms with van der Waals surface area (Å²) in [5, 5.41) is 0. The number of fused-ring (bicyclic) bond motifs is 4. The van der Waals surface area contributed by atoms with E-state index in [1.807, 2.05) is 0 Å². The largest absolute Gasteiger partial charge is 0.343 e. The van der Waals surface area contributed by atoms with E-state index >= 15 is 0 Å². The fourth-order valence-corrected chi connectivity index (χ4v) is 2.66. The fourth-order valence-electron chi connectivity index (χ4n) is 2.66. The molecule has 12 heavy (non-hydrogen) atoms. The van der Waals surface area contributed by atoms with Crippen molar-refractivity contribution in [3.63, 3.8) is 0 Å². The number of ether oxygens (including phenoxy) is 2. The summed E-state index contributed by atoms with van der Waals surface area (Å²) in [4.78, 5) is 11.6. The highest BCUT2D eigenvalue weighted by molar-refractivity contribution is 5.87. The van der Waals surface area contributed by atoms with Gasteiger partial charge >= 0.3 is 0 Å². The van der Waals surface area contributed by atoms with E-state index in [4.69, 9.17) is 9.47 Å². The Morgan fingerprint density at radius 2 is 2.42 bits per heavy atom. The smallest absolute Gasteiger partial charge is 0.218 e. The Morgan fingerprint density at radius 3 is 3.08 bits per heavy atom. The van der Waals surface area contributed by atoms with Crippen LogP contribution in [0.3, 0.4) is 0 Å². The van der Waals surface area contributed by atoms with Gasteiger partial charge in [0, 0.05) is 11.3 Å². The summed E-state index contributed by atoms with van der Waals surface area (Å²) in [5.41, 5.74) is 0.101. The minimum atomic E-state index is -0.520. The molecule has 0 spiro atoms.